The molecule has 2 rings (SSSR count). The summed E-state index contributed by atoms with van der Waals surface area (Å²) in [6.45, 7) is 1.55. The maximum absolute atomic E-state index is 12.0. The summed E-state index contributed by atoms with van der Waals surface area (Å²) in [6.07, 6.45) is 3.99. The van der Waals surface area contributed by atoms with Crippen LogP contribution in [0, 0.1) is 5.92 Å². The zero-order chi connectivity index (χ0) is 10.1. The van der Waals surface area contributed by atoms with Crippen molar-refractivity contribution in [2.45, 2.75) is 37.8 Å². The van der Waals surface area contributed by atoms with Crippen LogP contribution in [-0.2, 0) is 4.79 Å². The second-order valence-electron chi connectivity index (χ2n) is 4.53. The van der Waals surface area contributed by atoms with Crippen LogP contribution in [0.15, 0.2) is 0 Å². The van der Waals surface area contributed by atoms with Gasteiger partial charge in [0.2, 0.25) is 5.91 Å². The second-order valence-corrected chi connectivity index (χ2v) is 4.53. The average molecular weight is 197 g/mol. The Balaban J connectivity index is 1.94. The Kier molecular flexibility index (Phi) is 2.74. The SMILES string of the molecule is NC1CCN(C(=O)C2CCCC2N)C1. The molecule has 0 spiro atoms. The Morgan fingerprint density at radius 3 is 2.50 bits per heavy atom. The van der Waals surface area contributed by atoms with Gasteiger partial charge in [0.25, 0.3) is 0 Å². The van der Waals surface area contributed by atoms with Crippen LogP contribution in [0.25, 0.3) is 0 Å². The van der Waals surface area contributed by atoms with Crippen molar-refractivity contribution >= 4 is 5.91 Å². The van der Waals surface area contributed by atoms with Gasteiger partial charge in [-0.1, -0.05) is 6.42 Å². The molecule has 3 unspecified atom stereocenters. The van der Waals surface area contributed by atoms with Crippen LogP contribution >= 0.6 is 0 Å². The van der Waals surface area contributed by atoms with Crippen molar-refractivity contribution in [2.75, 3.05) is 13.1 Å². The van der Waals surface area contributed by atoms with Crippen LogP contribution in [0.3, 0.4) is 0 Å². The van der Waals surface area contributed by atoms with Gasteiger partial charge in [-0.15, -0.1) is 0 Å². The maximum Gasteiger partial charge on any atom is 0.227 e. The summed E-state index contributed by atoms with van der Waals surface area (Å²) < 4.78 is 0. The van der Waals surface area contributed by atoms with Crippen LogP contribution in [0.1, 0.15) is 25.7 Å². The van der Waals surface area contributed by atoms with E-state index in [1.165, 1.54) is 0 Å². The number of nitrogens with zero attached hydrogens (tertiary/aromatic N) is 1. The van der Waals surface area contributed by atoms with Crippen molar-refractivity contribution in [1.82, 2.24) is 4.90 Å². The van der Waals surface area contributed by atoms with E-state index in [-0.39, 0.29) is 23.9 Å². The lowest BCUT2D eigenvalue weighted by Crippen LogP contribution is -2.41. The van der Waals surface area contributed by atoms with Gasteiger partial charge in [0.15, 0.2) is 0 Å². The second kappa shape index (κ2) is 3.87. The molecule has 3 atom stereocenters. The standard InChI is InChI=1S/C10H19N3O/c11-7-4-5-13(6-7)10(14)8-2-1-3-9(8)12/h7-9H,1-6,11-12H2. The smallest absolute Gasteiger partial charge is 0.227 e. The highest BCUT2D eigenvalue weighted by molar-refractivity contribution is 5.80. The predicted molar refractivity (Wildman–Crippen MR) is 54.5 cm³/mol. The first-order valence-corrected chi connectivity index (χ1v) is 5.48. The summed E-state index contributed by atoms with van der Waals surface area (Å²) in [4.78, 5) is 13.9. The summed E-state index contributed by atoms with van der Waals surface area (Å²) in [5.41, 5.74) is 11.7. The van der Waals surface area contributed by atoms with Crippen LogP contribution in [0.5, 0.6) is 0 Å². The van der Waals surface area contributed by atoms with Crippen LogP contribution < -0.4 is 11.5 Å². The van der Waals surface area contributed by atoms with Gasteiger partial charge in [-0.2, -0.15) is 0 Å². The molecule has 2 fully saturated rings. The van der Waals surface area contributed by atoms with E-state index in [0.717, 1.165) is 38.8 Å². The molecule has 4 N–H and O–H groups in total. The molecule has 1 saturated carbocycles. The summed E-state index contributed by atoms with van der Waals surface area (Å²) in [5.74, 6) is 0.309. The molecule has 80 valence electrons. The number of hydrogen-bond donors (Lipinski definition) is 2. The third-order valence-electron chi connectivity index (χ3n) is 3.42. The molecule has 1 aliphatic heterocycles. The van der Waals surface area contributed by atoms with E-state index in [1.54, 1.807) is 0 Å². The van der Waals surface area contributed by atoms with Crippen molar-refractivity contribution < 1.29 is 4.79 Å². The summed E-state index contributed by atoms with van der Waals surface area (Å²) in [5, 5.41) is 0. The largest absolute Gasteiger partial charge is 0.341 e. The maximum atomic E-state index is 12.0. The van der Waals surface area contributed by atoms with Crippen molar-refractivity contribution in [1.29, 1.82) is 0 Å². The Morgan fingerprint density at radius 1 is 1.21 bits per heavy atom. The Bertz CT molecular complexity index is 231. The fourth-order valence-corrected chi connectivity index (χ4v) is 2.52. The van der Waals surface area contributed by atoms with E-state index in [2.05, 4.69) is 0 Å². The molecule has 1 amide bonds. The minimum Gasteiger partial charge on any atom is -0.341 e. The molecule has 0 aromatic heterocycles. The first-order valence-electron chi connectivity index (χ1n) is 5.48. The zero-order valence-electron chi connectivity index (χ0n) is 8.48. The van der Waals surface area contributed by atoms with E-state index >= 15 is 0 Å². The highest BCUT2D eigenvalue weighted by Gasteiger charge is 2.35. The van der Waals surface area contributed by atoms with E-state index < -0.39 is 0 Å². The van der Waals surface area contributed by atoms with E-state index in [4.69, 9.17) is 11.5 Å². The van der Waals surface area contributed by atoms with E-state index in [0.29, 0.717) is 0 Å². The van der Waals surface area contributed by atoms with Gasteiger partial charge >= 0.3 is 0 Å². The molecule has 14 heavy (non-hydrogen) atoms. The quantitative estimate of drug-likeness (QED) is 0.605. The highest BCUT2D eigenvalue weighted by Crippen LogP contribution is 2.26. The average Bonchev–Trinajstić information content (AvgIpc) is 2.73. The molecule has 0 radical (unpaired) electrons. The summed E-state index contributed by atoms with van der Waals surface area (Å²) >= 11 is 0. The van der Waals surface area contributed by atoms with Gasteiger partial charge in [0.1, 0.15) is 0 Å². The molecule has 1 saturated heterocycles. The monoisotopic (exact) mass is 197 g/mol. The lowest BCUT2D eigenvalue weighted by molar-refractivity contribution is -0.134. The molecule has 1 aliphatic carbocycles. The Morgan fingerprint density at radius 2 is 2.00 bits per heavy atom. The fourth-order valence-electron chi connectivity index (χ4n) is 2.52. The van der Waals surface area contributed by atoms with Gasteiger partial charge in [0.05, 0.1) is 5.92 Å². The van der Waals surface area contributed by atoms with Gasteiger partial charge in [0, 0.05) is 25.2 Å². The molecule has 4 heteroatoms. The van der Waals surface area contributed by atoms with Gasteiger partial charge in [-0.05, 0) is 19.3 Å². The van der Waals surface area contributed by atoms with Gasteiger partial charge < -0.3 is 16.4 Å². The van der Waals surface area contributed by atoms with Crippen LogP contribution in [-0.4, -0.2) is 36.0 Å². The van der Waals surface area contributed by atoms with Crippen molar-refractivity contribution in [3.8, 4) is 0 Å². The Hall–Kier alpha value is -0.610. The molecular weight excluding hydrogens is 178 g/mol. The molecule has 2 aliphatic rings. The third-order valence-corrected chi connectivity index (χ3v) is 3.42. The van der Waals surface area contributed by atoms with E-state index in [1.807, 2.05) is 4.90 Å². The van der Waals surface area contributed by atoms with Crippen molar-refractivity contribution in [3.05, 3.63) is 0 Å². The first-order chi connectivity index (χ1) is 6.68. The van der Waals surface area contributed by atoms with Gasteiger partial charge in [-0.25, -0.2) is 0 Å². The molecule has 1 heterocycles. The minimum absolute atomic E-state index is 0.0697. The molecule has 4 nitrogen and oxygen atoms in total. The highest BCUT2D eigenvalue weighted by atomic mass is 16.2. The molecule has 0 bridgehead atoms. The number of nitrogens with two attached hydrogens (primary N) is 2. The first kappa shape index (κ1) is 9.93. The van der Waals surface area contributed by atoms with Crippen LogP contribution in [0.4, 0.5) is 0 Å². The lowest BCUT2D eigenvalue weighted by atomic mass is 10.0. The van der Waals surface area contributed by atoms with Gasteiger partial charge in [-0.3, -0.25) is 4.79 Å². The summed E-state index contributed by atoms with van der Waals surface area (Å²) in [7, 11) is 0. The van der Waals surface area contributed by atoms with Crippen LogP contribution in [0.2, 0.25) is 0 Å². The Labute approximate surface area is 84.6 Å². The predicted octanol–water partition coefficient (Wildman–Crippen LogP) is -0.327. The third kappa shape index (κ3) is 1.77. The molecule has 0 aromatic carbocycles. The number of hydrogen-bond acceptors (Lipinski definition) is 3. The normalized spacial score (nSPS) is 37.9. The number of carbonyl (C=O) groups excluding carboxylic acids is 1. The van der Waals surface area contributed by atoms with E-state index in [9.17, 15) is 4.79 Å². The topological polar surface area (TPSA) is 72.3 Å². The fraction of sp³-hybridized carbons (Fsp3) is 0.900. The molecular formula is C10H19N3O. The minimum atomic E-state index is 0.0697. The zero-order valence-corrected chi connectivity index (χ0v) is 8.48. The van der Waals surface area contributed by atoms with Crippen molar-refractivity contribution in [3.63, 3.8) is 0 Å². The number of amides is 1. The number of rotatable bonds is 1. The van der Waals surface area contributed by atoms with Crippen molar-refractivity contribution in [2.24, 2.45) is 17.4 Å². The lowest BCUT2D eigenvalue weighted by Gasteiger charge is -2.22. The number of likely N-dealkylation sites (tertiary alicyclic amines) is 1. The molecule has 0 aromatic rings. The summed E-state index contributed by atoms with van der Waals surface area (Å²) in [6, 6.07) is 0.260. The number of carbonyl (C=O) groups is 1.